The van der Waals surface area contributed by atoms with E-state index < -0.39 is 0 Å². The molecule has 0 atom stereocenters. The predicted octanol–water partition coefficient (Wildman–Crippen LogP) is 2.84. The summed E-state index contributed by atoms with van der Waals surface area (Å²) in [7, 11) is 1.62. The lowest BCUT2D eigenvalue weighted by atomic mass is 10.1. The molecule has 0 aliphatic carbocycles. The maximum Gasteiger partial charge on any atom is 0.135 e. The number of benzene rings is 1. The van der Waals surface area contributed by atoms with Gasteiger partial charge in [-0.2, -0.15) is 0 Å². The highest BCUT2D eigenvalue weighted by Gasteiger charge is 2.10. The van der Waals surface area contributed by atoms with Gasteiger partial charge in [0, 0.05) is 0 Å². The molecular weight excluding hydrogens is 225 g/mol. The molecule has 0 radical (unpaired) electrons. The second-order valence-electron chi connectivity index (χ2n) is 3.55. The topological polar surface area (TPSA) is 35.2 Å². The molecule has 0 fully saturated rings. The van der Waals surface area contributed by atoms with Crippen molar-refractivity contribution in [3.63, 3.8) is 0 Å². The van der Waals surface area contributed by atoms with E-state index in [0.29, 0.717) is 6.54 Å². The first-order chi connectivity index (χ1) is 7.72. The zero-order valence-corrected chi connectivity index (χ0v) is 10.6. The molecule has 0 saturated heterocycles. The van der Waals surface area contributed by atoms with Gasteiger partial charge in [0.15, 0.2) is 0 Å². The summed E-state index contributed by atoms with van der Waals surface area (Å²) < 4.78 is 18.7. The van der Waals surface area contributed by atoms with Crippen molar-refractivity contribution in [3.8, 4) is 5.75 Å². The number of unbranched alkanes of at least 4 members (excludes halogenated alkanes) is 1. The number of rotatable bonds is 6. The van der Waals surface area contributed by atoms with Crippen molar-refractivity contribution >= 4 is 11.8 Å². The van der Waals surface area contributed by atoms with E-state index in [1.807, 2.05) is 6.26 Å². The SMILES string of the molecule is COc1c(CCCCN)cc(F)cc1SC. The van der Waals surface area contributed by atoms with Gasteiger partial charge in [-0.1, -0.05) is 0 Å². The zero-order chi connectivity index (χ0) is 12.0. The first-order valence-electron chi connectivity index (χ1n) is 5.33. The minimum Gasteiger partial charge on any atom is -0.495 e. The summed E-state index contributed by atoms with van der Waals surface area (Å²) in [4.78, 5) is 0.852. The molecule has 1 aromatic carbocycles. The van der Waals surface area contributed by atoms with Crippen LogP contribution in [0, 0.1) is 5.82 Å². The third kappa shape index (κ3) is 3.39. The molecular formula is C12H18FNOS. The average molecular weight is 243 g/mol. The van der Waals surface area contributed by atoms with E-state index in [1.54, 1.807) is 13.2 Å². The highest BCUT2D eigenvalue weighted by Crippen LogP contribution is 2.33. The van der Waals surface area contributed by atoms with Gasteiger partial charge in [-0.15, -0.1) is 11.8 Å². The number of halogens is 1. The van der Waals surface area contributed by atoms with Crippen LogP contribution in [0.4, 0.5) is 4.39 Å². The van der Waals surface area contributed by atoms with Crippen LogP contribution in [-0.4, -0.2) is 19.9 Å². The Morgan fingerprint density at radius 3 is 2.69 bits per heavy atom. The molecule has 0 aliphatic heterocycles. The van der Waals surface area contributed by atoms with Crippen LogP contribution in [0.3, 0.4) is 0 Å². The largest absolute Gasteiger partial charge is 0.495 e. The van der Waals surface area contributed by atoms with Crippen LogP contribution in [0.5, 0.6) is 5.75 Å². The summed E-state index contributed by atoms with van der Waals surface area (Å²) in [6.07, 6.45) is 4.64. The standard InChI is InChI=1S/C12H18FNOS/c1-15-12-9(5-3-4-6-14)7-10(13)8-11(12)16-2/h7-8H,3-6,14H2,1-2H3. The van der Waals surface area contributed by atoms with E-state index in [1.165, 1.54) is 17.8 Å². The van der Waals surface area contributed by atoms with Gasteiger partial charge in [-0.25, -0.2) is 4.39 Å². The number of ether oxygens (including phenoxy) is 1. The Bertz CT molecular complexity index is 344. The van der Waals surface area contributed by atoms with Gasteiger partial charge in [-0.05, 0) is 49.8 Å². The fourth-order valence-corrected chi connectivity index (χ4v) is 2.28. The Kier molecular flexibility index (Phi) is 5.63. The Morgan fingerprint density at radius 2 is 2.12 bits per heavy atom. The summed E-state index contributed by atoms with van der Waals surface area (Å²) in [5, 5.41) is 0. The van der Waals surface area contributed by atoms with Crippen LogP contribution in [0.2, 0.25) is 0 Å². The van der Waals surface area contributed by atoms with Gasteiger partial charge in [-0.3, -0.25) is 0 Å². The summed E-state index contributed by atoms with van der Waals surface area (Å²) in [6, 6.07) is 3.06. The molecule has 2 nitrogen and oxygen atoms in total. The number of nitrogens with two attached hydrogens (primary N) is 1. The van der Waals surface area contributed by atoms with Crippen LogP contribution in [0.15, 0.2) is 17.0 Å². The van der Waals surface area contributed by atoms with Crippen LogP contribution in [0.25, 0.3) is 0 Å². The number of thioether (sulfide) groups is 1. The third-order valence-corrected chi connectivity index (χ3v) is 3.16. The highest BCUT2D eigenvalue weighted by atomic mass is 32.2. The van der Waals surface area contributed by atoms with Crippen molar-refractivity contribution in [1.29, 1.82) is 0 Å². The van der Waals surface area contributed by atoms with E-state index >= 15 is 0 Å². The van der Waals surface area contributed by atoms with Crippen LogP contribution in [0.1, 0.15) is 18.4 Å². The Morgan fingerprint density at radius 1 is 1.38 bits per heavy atom. The van der Waals surface area contributed by atoms with Gasteiger partial charge in [0.25, 0.3) is 0 Å². The van der Waals surface area contributed by atoms with Crippen molar-refractivity contribution in [1.82, 2.24) is 0 Å². The van der Waals surface area contributed by atoms with E-state index in [9.17, 15) is 4.39 Å². The summed E-state index contributed by atoms with van der Waals surface area (Å²) in [5.41, 5.74) is 6.37. The third-order valence-electron chi connectivity index (χ3n) is 2.42. The molecule has 16 heavy (non-hydrogen) atoms. The van der Waals surface area contributed by atoms with Gasteiger partial charge >= 0.3 is 0 Å². The molecule has 0 bridgehead atoms. The smallest absolute Gasteiger partial charge is 0.135 e. The summed E-state index contributed by atoms with van der Waals surface area (Å²) in [6.45, 7) is 0.674. The monoisotopic (exact) mass is 243 g/mol. The number of hydrogen-bond donors (Lipinski definition) is 1. The average Bonchev–Trinajstić information content (AvgIpc) is 2.28. The lowest BCUT2D eigenvalue weighted by molar-refractivity contribution is 0.397. The molecule has 0 spiro atoms. The first-order valence-corrected chi connectivity index (χ1v) is 6.55. The molecule has 0 aromatic heterocycles. The number of methoxy groups -OCH3 is 1. The molecule has 1 rings (SSSR count). The Hall–Kier alpha value is -0.740. The van der Waals surface area contributed by atoms with Crippen LogP contribution < -0.4 is 10.5 Å². The first kappa shape index (κ1) is 13.3. The van der Waals surface area contributed by atoms with Gasteiger partial charge < -0.3 is 10.5 Å². The molecule has 0 saturated carbocycles. The van der Waals surface area contributed by atoms with E-state index in [2.05, 4.69) is 0 Å². The van der Waals surface area contributed by atoms with Crippen molar-refractivity contribution in [2.75, 3.05) is 19.9 Å². The van der Waals surface area contributed by atoms with E-state index in [4.69, 9.17) is 10.5 Å². The van der Waals surface area contributed by atoms with Gasteiger partial charge in [0.05, 0.1) is 12.0 Å². The Labute approximate surface area is 100 Å². The Balaban J connectivity index is 2.91. The molecule has 0 unspecified atom stereocenters. The maximum atomic E-state index is 13.3. The van der Waals surface area contributed by atoms with E-state index in [0.717, 1.165) is 35.5 Å². The number of hydrogen-bond acceptors (Lipinski definition) is 3. The second-order valence-corrected chi connectivity index (χ2v) is 4.39. The van der Waals surface area contributed by atoms with Gasteiger partial charge in [0.2, 0.25) is 0 Å². The maximum absolute atomic E-state index is 13.3. The molecule has 0 amide bonds. The summed E-state index contributed by atoms with van der Waals surface area (Å²) in [5.74, 6) is 0.596. The van der Waals surface area contributed by atoms with Crippen molar-refractivity contribution in [2.24, 2.45) is 5.73 Å². The summed E-state index contributed by atoms with van der Waals surface area (Å²) >= 11 is 1.50. The second kappa shape index (κ2) is 6.76. The highest BCUT2D eigenvalue weighted by molar-refractivity contribution is 7.98. The quantitative estimate of drug-likeness (QED) is 0.616. The van der Waals surface area contributed by atoms with Crippen molar-refractivity contribution in [3.05, 3.63) is 23.5 Å². The lowest BCUT2D eigenvalue weighted by Gasteiger charge is -2.12. The lowest BCUT2D eigenvalue weighted by Crippen LogP contribution is -2.01. The van der Waals surface area contributed by atoms with Crippen molar-refractivity contribution in [2.45, 2.75) is 24.2 Å². The fourth-order valence-electron chi connectivity index (χ4n) is 1.65. The molecule has 90 valence electrons. The predicted molar refractivity (Wildman–Crippen MR) is 66.7 cm³/mol. The molecule has 0 aliphatic rings. The molecule has 0 heterocycles. The van der Waals surface area contributed by atoms with Crippen LogP contribution >= 0.6 is 11.8 Å². The number of aryl methyl sites for hydroxylation is 1. The minimum atomic E-state index is -0.201. The zero-order valence-electron chi connectivity index (χ0n) is 9.75. The molecule has 1 aromatic rings. The van der Waals surface area contributed by atoms with Crippen molar-refractivity contribution < 1.29 is 9.13 Å². The molecule has 4 heteroatoms. The normalized spacial score (nSPS) is 10.5. The van der Waals surface area contributed by atoms with Gasteiger partial charge in [0.1, 0.15) is 11.6 Å². The molecule has 2 N–H and O–H groups in total. The fraction of sp³-hybridized carbons (Fsp3) is 0.500. The van der Waals surface area contributed by atoms with E-state index in [-0.39, 0.29) is 5.82 Å². The minimum absolute atomic E-state index is 0.201. The van der Waals surface area contributed by atoms with Crippen LogP contribution in [-0.2, 0) is 6.42 Å².